The molecule has 6 N–H and O–H groups in total. The SMILES string of the molecule is Cc1nc([C@H](C)NC(=O)c2ccc(-c3ccc(N)cc3)cc2)cc(N2[C@H](C(=O)NCCOCCOCCOCCOCCC(=O)N3CCC(c4cc(NC(=O)c5cccc(-c6ccn[nH]6)n5)n(-c5ccccn5)n4)CC3)C[C@@H]3CCCC[C@@H]32)n1. The number of ether oxygens (including phenoxy) is 4. The molecule has 2 saturated heterocycles. The number of amides is 4. The van der Waals surface area contributed by atoms with Gasteiger partial charge < -0.3 is 50.4 Å². The van der Waals surface area contributed by atoms with Crippen molar-refractivity contribution in [3.8, 4) is 28.3 Å². The average molecular weight is 1140 g/mol. The maximum Gasteiger partial charge on any atom is 0.275 e. The molecule has 10 rings (SSSR count). The van der Waals surface area contributed by atoms with Crippen molar-refractivity contribution >= 4 is 41.0 Å². The van der Waals surface area contributed by atoms with Crippen molar-refractivity contribution in [2.45, 2.75) is 89.3 Å². The highest BCUT2D eigenvalue weighted by atomic mass is 16.6. The van der Waals surface area contributed by atoms with Gasteiger partial charge in [0, 0.05) is 67.4 Å². The number of fused-ring (bicyclic) bond motifs is 1. The van der Waals surface area contributed by atoms with E-state index in [0.29, 0.717) is 130 Å². The van der Waals surface area contributed by atoms with Crippen molar-refractivity contribution in [3.05, 3.63) is 144 Å². The number of hydrogen-bond acceptors (Lipinski definition) is 16. The average Bonchev–Trinajstić information content (AvgIpc) is 4.01. The third-order valence-electron chi connectivity index (χ3n) is 15.7. The Morgan fingerprint density at radius 3 is 2.15 bits per heavy atom. The summed E-state index contributed by atoms with van der Waals surface area (Å²) in [4.78, 5) is 76.6. The van der Waals surface area contributed by atoms with Gasteiger partial charge >= 0.3 is 0 Å². The van der Waals surface area contributed by atoms with Gasteiger partial charge in [0.15, 0.2) is 5.82 Å². The van der Waals surface area contributed by atoms with Gasteiger partial charge in [-0.2, -0.15) is 14.9 Å². The van der Waals surface area contributed by atoms with Gasteiger partial charge in [0.25, 0.3) is 11.8 Å². The highest BCUT2D eigenvalue weighted by Gasteiger charge is 2.46. The maximum atomic E-state index is 13.9. The monoisotopic (exact) mass is 1140 g/mol. The van der Waals surface area contributed by atoms with Crippen LogP contribution >= 0.6 is 0 Å². The predicted octanol–water partition coefficient (Wildman–Crippen LogP) is 7.26. The van der Waals surface area contributed by atoms with Crippen LogP contribution in [0.25, 0.3) is 28.3 Å². The van der Waals surface area contributed by atoms with E-state index in [2.05, 4.69) is 41.0 Å². The lowest BCUT2D eigenvalue weighted by Gasteiger charge is -2.35. The van der Waals surface area contributed by atoms with Gasteiger partial charge in [0.05, 0.1) is 88.1 Å². The molecule has 1 saturated carbocycles. The van der Waals surface area contributed by atoms with Crippen molar-refractivity contribution < 1.29 is 38.1 Å². The molecule has 0 radical (unpaired) electrons. The van der Waals surface area contributed by atoms with Gasteiger partial charge in [-0.25, -0.2) is 19.9 Å². The van der Waals surface area contributed by atoms with E-state index in [1.54, 1.807) is 41.3 Å². The molecule has 4 amide bonds. The molecule has 0 spiro atoms. The first-order chi connectivity index (χ1) is 41.0. The number of nitrogen functional groups attached to an aromatic ring is 1. The summed E-state index contributed by atoms with van der Waals surface area (Å²) in [5.74, 6) is 2.17. The number of carbonyl (C=O) groups is 4. The quantitative estimate of drug-likeness (QED) is 0.0264. The summed E-state index contributed by atoms with van der Waals surface area (Å²) >= 11 is 0. The first-order valence-corrected chi connectivity index (χ1v) is 29.1. The molecule has 5 aromatic heterocycles. The van der Waals surface area contributed by atoms with E-state index in [0.717, 1.165) is 61.8 Å². The summed E-state index contributed by atoms with van der Waals surface area (Å²) in [6.45, 7) is 8.19. The normalized spacial score (nSPS) is 17.4. The minimum absolute atomic E-state index is 0.0379. The number of piperidine rings is 1. The Hall–Kier alpha value is -8.44. The Morgan fingerprint density at radius 1 is 0.726 bits per heavy atom. The molecule has 2 aliphatic heterocycles. The third-order valence-corrected chi connectivity index (χ3v) is 15.7. The van der Waals surface area contributed by atoms with E-state index in [1.807, 2.05) is 97.6 Å². The van der Waals surface area contributed by atoms with Crippen LogP contribution in [0.4, 0.5) is 17.3 Å². The summed E-state index contributed by atoms with van der Waals surface area (Å²) in [7, 11) is 0. The summed E-state index contributed by atoms with van der Waals surface area (Å²) in [5.41, 5.74) is 12.1. The topological polar surface area (TPSA) is 272 Å². The first-order valence-electron chi connectivity index (χ1n) is 29.1. The first kappa shape index (κ1) is 58.7. The fourth-order valence-corrected chi connectivity index (χ4v) is 11.3. The van der Waals surface area contributed by atoms with Crippen LogP contribution in [0.3, 0.4) is 0 Å². The summed E-state index contributed by atoms with van der Waals surface area (Å²) in [6.07, 6.45) is 10.1. The molecule has 7 aromatic rings. The number of aryl methyl sites for hydroxylation is 1. The zero-order valence-electron chi connectivity index (χ0n) is 47.7. The van der Waals surface area contributed by atoms with Crippen molar-refractivity contribution in [1.82, 2.24) is 55.4 Å². The summed E-state index contributed by atoms with van der Waals surface area (Å²) in [5, 5.41) is 21.0. The molecule has 4 atom stereocenters. The minimum atomic E-state index is -0.408. The second-order valence-electron chi connectivity index (χ2n) is 21.4. The number of rotatable bonds is 26. The van der Waals surface area contributed by atoms with E-state index in [1.165, 1.54) is 0 Å². The van der Waals surface area contributed by atoms with Gasteiger partial charge in [-0.3, -0.25) is 24.3 Å². The van der Waals surface area contributed by atoms with Crippen molar-refractivity contribution in [2.75, 3.05) is 88.4 Å². The number of pyridine rings is 2. The number of aromatic amines is 1. The molecule has 3 aliphatic rings. The number of aromatic nitrogens is 8. The van der Waals surface area contributed by atoms with E-state index in [4.69, 9.17) is 39.7 Å². The molecule has 7 heterocycles. The van der Waals surface area contributed by atoms with Gasteiger partial charge in [-0.05, 0) is 118 Å². The Kier molecular flexibility index (Phi) is 20.1. The Balaban J connectivity index is 0.582. The molecule has 0 bridgehead atoms. The number of benzene rings is 2. The second-order valence-corrected chi connectivity index (χ2v) is 21.4. The zero-order valence-corrected chi connectivity index (χ0v) is 47.7. The number of nitrogens with one attached hydrogen (secondary N) is 4. The van der Waals surface area contributed by atoms with Crippen LogP contribution in [0, 0.1) is 12.8 Å². The Morgan fingerprint density at radius 2 is 1.44 bits per heavy atom. The minimum Gasteiger partial charge on any atom is -0.399 e. The van der Waals surface area contributed by atoms with Crippen LogP contribution in [0.2, 0.25) is 0 Å². The number of H-pyrrole nitrogens is 1. The Bertz CT molecular complexity index is 3280. The van der Waals surface area contributed by atoms with Crippen LogP contribution in [0.5, 0.6) is 0 Å². The second kappa shape index (κ2) is 28.7. The van der Waals surface area contributed by atoms with Gasteiger partial charge in [-0.15, -0.1) is 0 Å². The van der Waals surface area contributed by atoms with E-state index in [9.17, 15) is 19.2 Å². The van der Waals surface area contributed by atoms with Gasteiger partial charge in [0.1, 0.15) is 29.2 Å². The molecule has 84 heavy (non-hydrogen) atoms. The van der Waals surface area contributed by atoms with Gasteiger partial charge in [0.2, 0.25) is 11.8 Å². The molecule has 0 unspecified atom stereocenters. The molecule has 440 valence electrons. The highest BCUT2D eigenvalue weighted by Crippen LogP contribution is 2.42. The van der Waals surface area contributed by atoms with Crippen molar-refractivity contribution in [2.24, 2.45) is 5.92 Å². The van der Waals surface area contributed by atoms with Crippen LogP contribution in [0.15, 0.2) is 116 Å². The number of likely N-dealkylation sites (tertiary alicyclic amines) is 1. The van der Waals surface area contributed by atoms with Crippen molar-refractivity contribution in [1.29, 1.82) is 0 Å². The van der Waals surface area contributed by atoms with Crippen LogP contribution in [-0.2, 0) is 28.5 Å². The lowest BCUT2D eigenvalue weighted by molar-refractivity contribution is -0.133. The largest absolute Gasteiger partial charge is 0.399 e. The molecule has 3 fully saturated rings. The van der Waals surface area contributed by atoms with E-state index >= 15 is 0 Å². The number of nitrogens with zero attached hydrogens (tertiary/aromatic N) is 9. The smallest absolute Gasteiger partial charge is 0.275 e. The summed E-state index contributed by atoms with van der Waals surface area (Å²) < 4.78 is 24.5. The van der Waals surface area contributed by atoms with Crippen molar-refractivity contribution in [3.63, 3.8) is 0 Å². The number of hydrogen-bond donors (Lipinski definition) is 5. The summed E-state index contributed by atoms with van der Waals surface area (Å²) in [6, 6.07) is 30.8. The molecule has 22 heteroatoms. The van der Waals surface area contributed by atoms with Crippen LogP contribution in [0.1, 0.15) is 108 Å². The molecular formula is C62H74N14O8. The van der Waals surface area contributed by atoms with Crippen LogP contribution in [-0.4, -0.2) is 153 Å². The fraction of sp³-hybridized carbons (Fsp3) is 0.419. The molecule has 2 aromatic carbocycles. The molecule has 22 nitrogen and oxygen atoms in total. The lowest BCUT2D eigenvalue weighted by atomic mass is 9.84. The fourth-order valence-electron chi connectivity index (χ4n) is 11.3. The number of carbonyl (C=O) groups excluding carboxylic acids is 4. The van der Waals surface area contributed by atoms with E-state index in [-0.39, 0.29) is 53.7 Å². The predicted molar refractivity (Wildman–Crippen MR) is 316 cm³/mol. The number of anilines is 3. The van der Waals surface area contributed by atoms with Crippen LogP contribution < -0.4 is 26.6 Å². The van der Waals surface area contributed by atoms with Gasteiger partial charge in [-0.1, -0.05) is 49.2 Å². The lowest BCUT2D eigenvalue weighted by Crippen LogP contribution is -2.48. The third kappa shape index (κ3) is 15.2. The maximum absolute atomic E-state index is 13.9. The molecule has 1 aliphatic carbocycles. The number of nitrogens with two attached hydrogens (primary N) is 1. The van der Waals surface area contributed by atoms with E-state index < -0.39 is 6.04 Å². The zero-order chi connectivity index (χ0) is 58.2. The molecular weight excluding hydrogens is 1070 g/mol. The Labute approximate surface area is 488 Å². The highest BCUT2D eigenvalue weighted by molar-refractivity contribution is 6.03. The standard InChI is InChI=1S/C62H74N14O8/c1-41(67-60(78)46-15-13-43(14-16-46)44-17-19-48(63)20-18-44)52-39-57(69-42(2)68-52)75-54-11-4-3-8-47(54)38-55(75)62(80)65-27-31-82-33-35-84-37-36-83-34-32-81-30-24-59(77)74-28-22-45(23-29-74)53-40-58(76(73-53)56-12-5-6-25-64-56)71-61(79)51-10-7-9-49(70-51)50-21-26-66-72-50/h5-7,9-10,12-21,25-26,39-41,45,47,54-55H,3-4,8,11,22-24,27-38,63H2,1-2H3,(H,65,80)(H,66,72)(H,67,78)(H,71,79)/t41-,47-,54-,55-/m0/s1.